The molecule has 0 bridgehead atoms. The first kappa shape index (κ1) is 22.3. The van der Waals surface area contributed by atoms with E-state index in [4.69, 9.17) is 5.73 Å². The van der Waals surface area contributed by atoms with E-state index < -0.39 is 28.8 Å². The zero-order chi connectivity index (χ0) is 24.3. The van der Waals surface area contributed by atoms with Gasteiger partial charge in [-0.15, -0.1) is 0 Å². The molecule has 3 atom stereocenters. The first-order valence-corrected chi connectivity index (χ1v) is 11.6. The number of amides is 1. The zero-order valence-electron chi connectivity index (χ0n) is 18.8. The van der Waals surface area contributed by atoms with E-state index in [0.717, 1.165) is 31.7 Å². The fraction of sp³-hybridized carbons (Fsp3) is 0.500. The Morgan fingerprint density at radius 3 is 2.65 bits per heavy atom. The highest BCUT2D eigenvalue weighted by Crippen LogP contribution is 2.42. The van der Waals surface area contributed by atoms with Crippen LogP contribution in [0.5, 0.6) is 0 Å². The summed E-state index contributed by atoms with van der Waals surface area (Å²) in [4.78, 5) is 40.7. The fourth-order valence-electron chi connectivity index (χ4n) is 5.58. The molecule has 34 heavy (non-hydrogen) atoms. The second kappa shape index (κ2) is 8.09. The number of carbonyl (C=O) groups is 2. The van der Waals surface area contributed by atoms with Crippen LogP contribution in [-0.4, -0.2) is 58.2 Å². The number of carboxylic acids is 1. The molecule has 1 amide bonds. The molecule has 1 aromatic heterocycles. The molecular formula is C24H26FN5O4. The molecule has 0 radical (unpaired) electrons. The minimum absolute atomic E-state index is 0.0275. The number of rotatable bonds is 4. The molecule has 0 unspecified atom stereocenters. The Hall–Kier alpha value is -3.45. The Morgan fingerprint density at radius 2 is 2.03 bits per heavy atom. The van der Waals surface area contributed by atoms with Crippen LogP contribution in [0.3, 0.4) is 0 Å². The highest BCUT2D eigenvalue weighted by atomic mass is 19.1. The number of fused-ring (bicyclic) bond motifs is 2. The molecule has 5 rings (SSSR count). The third kappa shape index (κ3) is 3.42. The van der Waals surface area contributed by atoms with Crippen molar-refractivity contribution in [3.63, 3.8) is 0 Å². The summed E-state index contributed by atoms with van der Waals surface area (Å²) in [6.07, 6.45) is 4.57. The highest BCUT2D eigenvalue weighted by molar-refractivity contribution is 5.96. The van der Waals surface area contributed by atoms with Crippen molar-refractivity contribution in [2.75, 3.05) is 24.5 Å². The van der Waals surface area contributed by atoms with E-state index in [9.17, 15) is 24.8 Å². The number of nitriles is 1. The molecule has 9 nitrogen and oxygen atoms in total. The lowest BCUT2D eigenvalue weighted by molar-refractivity contribution is -0.136. The Morgan fingerprint density at radius 1 is 1.29 bits per heavy atom. The Kier molecular flexibility index (Phi) is 5.32. The summed E-state index contributed by atoms with van der Waals surface area (Å²) < 4.78 is 17.2. The maximum Gasteiger partial charge on any atom is 0.341 e. The summed E-state index contributed by atoms with van der Waals surface area (Å²) in [7, 11) is 0. The number of carbonyl (C=O) groups excluding carboxylic acids is 1. The van der Waals surface area contributed by atoms with E-state index in [2.05, 4.69) is 6.07 Å². The molecule has 10 heteroatoms. The maximum atomic E-state index is 15.6. The summed E-state index contributed by atoms with van der Waals surface area (Å²) in [6.45, 7) is 3.09. The second-order valence-electron chi connectivity index (χ2n) is 9.60. The van der Waals surface area contributed by atoms with Crippen molar-refractivity contribution in [3.05, 3.63) is 39.4 Å². The SMILES string of the molecule is C[C@@H](N)C(=O)N1CCC[C@H]2CN(c3c(F)cc4c(=O)c(C(=O)O)cn(C5CC5)c4c3C#N)C[C@H]21. The number of piperidine rings is 1. The Balaban J connectivity index is 1.65. The number of nitrogens with two attached hydrogens (primary N) is 1. The van der Waals surface area contributed by atoms with Crippen LogP contribution in [0.1, 0.15) is 54.6 Å². The summed E-state index contributed by atoms with van der Waals surface area (Å²) in [5.74, 6) is -2.14. The van der Waals surface area contributed by atoms with Crippen molar-refractivity contribution >= 4 is 28.5 Å². The average Bonchev–Trinajstić information content (AvgIpc) is 3.55. The summed E-state index contributed by atoms with van der Waals surface area (Å²) >= 11 is 0. The summed E-state index contributed by atoms with van der Waals surface area (Å²) in [5.41, 5.74) is 5.01. The normalized spacial score (nSPS) is 23.0. The van der Waals surface area contributed by atoms with Crippen LogP contribution in [-0.2, 0) is 4.79 Å². The van der Waals surface area contributed by atoms with E-state index in [1.165, 1.54) is 6.20 Å². The second-order valence-corrected chi connectivity index (χ2v) is 9.60. The molecule has 3 heterocycles. The molecule has 2 aromatic rings. The van der Waals surface area contributed by atoms with Gasteiger partial charge < -0.3 is 25.2 Å². The summed E-state index contributed by atoms with van der Waals surface area (Å²) in [5, 5.41) is 19.5. The summed E-state index contributed by atoms with van der Waals surface area (Å²) in [6, 6.07) is 2.37. The molecule has 178 valence electrons. The van der Waals surface area contributed by atoms with Gasteiger partial charge in [-0.1, -0.05) is 0 Å². The van der Waals surface area contributed by atoms with Gasteiger partial charge in [0.05, 0.1) is 28.7 Å². The van der Waals surface area contributed by atoms with Crippen molar-refractivity contribution in [1.82, 2.24) is 9.47 Å². The van der Waals surface area contributed by atoms with Crippen molar-refractivity contribution in [1.29, 1.82) is 5.26 Å². The van der Waals surface area contributed by atoms with Gasteiger partial charge in [0.1, 0.15) is 23.0 Å². The van der Waals surface area contributed by atoms with Gasteiger partial charge in [-0.2, -0.15) is 5.26 Å². The van der Waals surface area contributed by atoms with Gasteiger partial charge in [0.15, 0.2) is 0 Å². The van der Waals surface area contributed by atoms with Crippen molar-refractivity contribution in [2.45, 2.75) is 50.7 Å². The lowest BCUT2D eigenvalue weighted by atomic mass is 9.91. The third-order valence-electron chi connectivity index (χ3n) is 7.29. The number of anilines is 1. The van der Waals surface area contributed by atoms with E-state index in [0.29, 0.717) is 19.6 Å². The highest BCUT2D eigenvalue weighted by Gasteiger charge is 2.43. The van der Waals surface area contributed by atoms with Crippen molar-refractivity contribution in [2.24, 2.45) is 11.7 Å². The largest absolute Gasteiger partial charge is 0.477 e. The van der Waals surface area contributed by atoms with Crippen LogP contribution >= 0.6 is 0 Å². The first-order chi connectivity index (χ1) is 16.2. The van der Waals surface area contributed by atoms with Gasteiger partial charge in [-0.05, 0) is 44.6 Å². The number of aromatic carboxylic acids is 1. The first-order valence-electron chi connectivity index (χ1n) is 11.6. The molecular weight excluding hydrogens is 441 g/mol. The number of carboxylic acid groups (broad SMARTS) is 1. The quantitative estimate of drug-likeness (QED) is 0.701. The average molecular weight is 468 g/mol. The third-order valence-corrected chi connectivity index (χ3v) is 7.29. The van der Waals surface area contributed by atoms with Crippen molar-refractivity contribution in [3.8, 4) is 6.07 Å². The van der Waals surface area contributed by atoms with E-state index in [1.54, 1.807) is 21.3 Å². The lowest BCUT2D eigenvalue weighted by Crippen LogP contribution is -2.53. The lowest BCUT2D eigenvalue weighted by Gasteiger charge is -2.37. The number of halogens is 1. The van der Waals surface area contributed by atoms with Crippen LogP contribution in [0.4, 0.5) is 10.1 Å². The monoisotopic (exact) mass is 467 g/mol. The predicted octanol–water partition coefficient (Wildman–Crippen LogP) is 1.82. The van der Waals surface area contributed by atoms with E-state index in [1.807, 2.05) is 0 Å². The van der Waals surface area contributed by atoms with Crippen molar-refractivity contribution < 1.29 is 19.1 Å². The van der Waals surface area contributed by atoms with Gasteiger partial charge >= 0.3 is 5.97 Å². The van der Waals surface area contributed by atoms with E-state index in [-0.39, 0.29) is 46.1 Å². The van der Waals surface area contributed by atoms with Crippen LogP contribution in [0.25, 0.3) is 10.9 Å². The molecule has 3 fully saturated rings. The van der Waals surface area contributed by atoms with E-state index >= 15 is 4.39 Å². The van der Waals surface area contributed by atoms with Crippen LogP contribution < -0.4 is 16.1 Å². The topological polar surface area (TPSA) is 133 Å². The Bertz CT molecular complexity index is 1310. The minimum Gasteiger partial charge on any atom is -0.477 e. The van der Waals surface area contributed by atoms with Crippen LogP contribution in [0, 0.1) is 23.1 Å². The molecule has 1 saturated carbocycles. The van der Waals surface area contributed by atoms with Crippen LogP contribution in [0.15, 0.2) is 17.1 Å². The maximum absolute atomic E-state index is 15.6. The smallest absolute Gasteiger partial charge is 0.341 e. The van der Waals surface area contributed by atoms with Gasteiger partial charge in [0, 0.05) is 31.9 Å². The minimum atomic E-state index is -1.38. The fourth-order valence-corrected chi connectivity index (χ4v) is 5.58. The van der Waals surface area contributed by atoms with Crippen LogP contribution in [0.2, 0.25) is 0 Å². The molecule has 1 aliphatic carbocycles. The molecule has 3 aliphatic rings. The number of nitrogens with zero attached hydrogens (tertiary/aromatic N) is 4. The number of pyridine rings is 1. The van der Waals surface area contributed by atoms with Gasteiger partial charge in [0.2, 0.25) is 11.3 Å². The van der Waals surface area contributed by atoms with Gasteiger partial charge in [0.25, 0.3) is 0 Å². The molecule has 2 saturated heterocycles. The Labute approximate surface area is 195 Å². The molecule has 2 aliphatic heterocycles. The zero-order valence-corrected chi connectivity index (χ0v) is 18.8. The molecule has 3 N–H and O–H groups in total. The standard InChI is InChI=1S/C24H26FN5O4/c1-12(27)23(32)29-6-2-3-13-9-28(11-19(13)29)21-16(8-26)20-15(7-18(21)25)22(31)17(24(33)34)10-30(20)14-4-5-14/h7,10,12-14,19H,2-6,9,11,27H2,1H3,(H,33,34)/t12-,13+,19-/m1/s1. The number of hydrogen-bond acceptors (Lipinski definition) is 6. The number of likely N-dealkylation sites (tertiary alicyclic amines) is 1. The van der Waals surface area contributed by atoms with Gasteiger partial charge in [-0.25, -0.2) is 9.18 Å². The van der Waals surface area contributed by atoms with Gasteiger partial charge in [-0.3, -0.25) is 9.59 Å². The number of hydrogen-bond donors (Lipinski definition) is 2. The predicted molar refractivity (Wildman–Crippen MR) is 122 cm³/mol. The number of benzene rings is 1. The number of aromatic nitrogens is 1. The molecule has 0 spiro atoms. The molecule has 1 aromatic carbocycles.